The Kier molecular flexibility index (Phi) is 7.30. The Hall–Kier alpha value is -4.67. The van der Waals surface area contributed by atoms with Crippen molar-refractivity contribution in [1.82, 2.24) is 14.9 Å². The van der Waals surface area contributed by atoms with Gasteiger partial charge in [0.15, 0.2) is 28.2 Å². The number of carbonyl (C=O) groups is 1. The maximum atomic E-state index is 13.8. The third kappa shape index (κ3) is 5.71. The monoisotopic (exact) mass is 613 g/mol. The second-order valence-corrected chi connectivity index (χ2v) is 11.4. The zero-order valence-electron chi connectivity index (χ0n) is 22.7. The number of ether oxygens (including phenoxy) is 4. The van der Waals surface area contributed by atoms with Gasteiger partial charge in [-0.3, -0.25) is 14.2 Å². The van der Waals surface area contributed by atoms with Gasteiger partial charge in [-0.1, -0.05) is 53.7 Å². The topological polar surface area (TPSA) is 101 Å². The first-order valence-corrected chi connectivity index (χ1v) is 14.8. The standard InChI is InChI=1S/C32H24ClN3O6S/c33-23-8-3-20(4-9-23)16-43-32-35-25-13-29-28(41-18-42-29)12-24(25)31(38)36(32)15-19-1-6-22(7-2-19)30(37)34-14-21-5-10-26-27(11-21)40-17-39-26/h1-13H,14-18H2,(H,34,37). The van der Waals surface area contributed by atoms with Gasteiger partial charge in [0.2, 0.25) is 13.6 Å². The Morgan fingerprint density at radius 1 is 0.814 bits per heavy atom. The number of benzene rings is 4. The normalized spacial score (nSPS) is 13.0. The van der Waals surface area contributed by atoms with Crippen LogP contribution < -0.4 is 29.8 Å². The van der Waals surface area contributed by atoms with Crippen molar-refractivity contribution in [1.29, 1.82) is 0 Å². The molecule has 1 amide bonds. The number of rotatable bonds is 8. The van der Waals surface area contributed by atoms with E-state index in [-0.39, 0.29) is 31.6 Å². The molecule has 43 heavy (non-hydrogen) atoms. The molecule has 0 aliphatic carbocycles. The molecule has 216 valence electrons. The fourth-order valence-corrected chi connectivity index (χ4v) is 5.93. The quantitative estimate of drug-likeness (QED) is 0.174. The molecule has 4 aromatic carbocycles. The summed E-state index contributed by atoms with van der Waals surface area (Å²) in [6, 6.07) is 23.8. The SMILES string of the molecule is O=C(NCc1ccc2c(c1)OCO2)c1ccc(Cn2c(SCc3ccc(Cl)cc3)nc3cc4c(cc3c2=O)OCO4)cc1. The van der Waals surface area contributed by atoms with Gasteiger partial charge >= 0.3 is 0 Å². The zero-order valence-corrected chi connectivity index (χ0v) is 24.2. The number of carbonyl (C=O) groups excluding carboxylic acids is 1. The summed E-state index contributed by atoms with van der Waals surface area (Å²) >= 11 is 7.51. The predicted molar refractivity (Wildman–Crippen MR) is 162 cm³/mol. The fraction of sp³-hybridized carbons (Fsp3) is 0.156. The minimum Gasteiger partial charge on any atom is -0.454 e. The van der Waals surface area contributed by atoms with Gasteiger partial charge in [0.25, 0.3) is 11.5 Å². The average Bonchev–Trinajstić information content (AvgIpc) is 3.69. The molecule has 0 bridgehead atoms. The van der Waals surface area contributed by atoms with Crippen LogP contribution in [0.4, 0.5) is 0 Å². The molecule has 1 N–H and O–H groups in total. The van der Waals surface area contributed by atoms with Crippen LogP contribution in [0, 0.1) is 0 Å². The van der Waals surface area contributed by atoms with Gasteiger partial charge in [0.05, 0.1) is 17.4 Å². The van der Waals surface area contributed by atoms with Crippen molar-refractivity contribution in [2.24, 2.45) is 0 Å². The molecule has 0 saturated carbocycles. The van der Waals surface area contributed by atoms with Gasteiger partial charge in [0.1, 0.15) is 0 Å². The highest BCUT2D eigenvalue weighted by Crippen LogP contribution is 2.35. The highest BCUT2D eigenvalue weighted by Gasteiger charge is 2.20. The Morgan fingerprint density at radius 3 is 2.23 bits per heavy atom. The van der Waals surface area contributed by atoms with E-state index in [4.69, 9.17) is 35.5 Å². The lowest BCUT2D eigenvalue weighted by Gasteiger charge is -2.14. The highest BCUT2D eigenvalue weighted by atomic mass is 35.5. The van der Waals surface area contributed by atoms with Crippen molar-refractivity contribution in [3.63, 3.8) is 0 Å². The van der Waals surface area contributed by atoms with Gasteiger partial charge in [0, 0.05) is 29.0 Å². The molecular formula is C32H24ClN3O6S. The minimum atomic E-state index is -0.205. The van der Waals surface area contributed by atoms with Crippen molar-refractivity contribution in [2.45, 2.75) is 24.0 Å². The van der Waals surface area contributed by atoms with Crippen molar-refractivity contribution < 1.29 is 23.7 Å². The number of hydrogen-bond acceptors (Lipinski definition) is 8. The molecule has 2 aliphatic rings. The van der Waals surface area contributed by atoms with Gasteiger partial charge in [-0.15, -0.1) is 0 Å². The predicted octanol–water partition coefficient (Wildman–Crippen LogP) is 5.78. The van der Waals surface area contributed by atoms with Gasteiger partial charge in [-0.2, -0.15) is 0 Å². The van der Waals surface area contributed by atoms with Crippen LogP contribution in [-0.2, 0) is 18.8 Å². The summed E-state index contributed by atoms with van der Waals surface area (Å²) in [5, 5.41) is 4.61. The molecule has 0 fully saturated rings. The summed E-state index contributed by atoms with van der Waals surface area (Å²) in [6.45, 7) is 0.932. The largest absolute Gasteiger partial charge is 0.454 e. The molecular weight excluding hydrogens is 590 g/mol. The molecule has 1 aromatic heterocycles. The molecule has 2 aliphatic heterocycles. The van der Waals surface area contributed by atoms with Crippen LogP contribution >= 0.6 is 23.4 Å². The summed E-state index contributed by atoms with van der Waals surface area (Å²) in [5.41, 5.74) is 3.68. The Balaban J connectivity index is 1.12. The maximum absolute atomic E-state index is 13.8. The summed E-state index contributed by atoms with van der Waals surface area (Å²) < 4.78 is 23.4. The number of nitrogens with one attached hydrogen (secondary N) is 1. The molecule has 7 rings (SSSR count). The smallest absolute Gasteiger partial charge is 0.262 e. The van der Waals surface area contributed by atoms with Crippen LogP contribution in [-0.4, -0.2) is 29.0 Å². The Bertz CT molecular complexity index is 1910. The molecule has 0 atom stereocenters. The lowest BCUT2D eigenvalue weighted by atomic mass is 10.1. The number of halogens is 1. The van der Waals surface area contributed by atoms with Crippen LogP contribution in [0.25, 0.3) is 10.9 Å². The molecule has 0 radical (unpaired) electrons. The van der Waals surface area contributed by atoms with Crippen molar-refractivity contribution in [3.8, 4) is 23.0 Å². The second kappa shape index (κ2) is 11.5. The fourth-order valence-electron chi connectivity index (χ4n) is 4.85. The molecule has 3 heterocycles. The average molecular weight is 614 g/mol. The third-order valence-corrected chi connectivity index (χ3v) is 8.44. The Morgan fingerprint density at radius 2 is 1.47 bits per heavy atom. The third-order valence-electron chi connectivity index (χ3n) is 7.14. The number of fused-ring (bicyclic) bond motifs is 3. The van der Waals surface area contributed by atoms with E-state index in [1.807, 2.05) is 54.6 Å². The van der Waals surface area contributed by atoms with Crippen molar-refractivity contribution in [2.75, 3.05) is 13.6 Å². The van der Waals surface area contributed by atoms with Gasteiger partial charge < -0.3 is 24.3 Å². The summed E-state index contributed by atoms with van der Waals surface area (Å²) in [5.74, 6) is 2.86. The number of thioether (sulfide) groups is 1. The van der Waals surface area contributed by atoms with Crippen LogP contribution in [0.3, 0.4) is 0 Å². The minimum absolute atomic E-state index is 0.106. The van der Waals surface area contributed by atoms with Crippen molar-refractivity contribution >= 4 is 40.2 Å². The van der Waals surface area contributed by atoms with Crippen LogP contribution in [0.5, 0.6) is 23.0 Å². The van der Waals surface area contributed by atoms with Crippen LogP contribution in [0.15, 0.2) is 88.8 Å². The Labute approximate surface area is 255 Å². The van der Waals surface area contributed by atoms with Crippen LogP contribution in [0.1, 0.15) is 27.0 Å². The van der Waals surface area contributed by atoms with Crippen molar-refractivity contribution in [3.05, 3.63) is 116 Å². The maximum Gasteiger partial charge on any atom is 0.262 e. The molecule has 0 unspecified atom stereocenters. The van der Waals surface area contributed by atoms with E-state index >= 15 is 0 Å². The number of aromatic nitrogens is 2. The van der Waals surface area contributed by atoms with E-state index in [0.717, 1.165) is 16.7 Å². The lowest BCUT2D eigenvalue weighted by molar-refractivity contribution is 0.0950. The first kappa shape index (κ1) is 27.2. The number of hydrogen-bond donors (Lipinski definition) is 1. The first-order chi connectivity index (χ1) is 21.0. The number of nitrogens with zero attached hydrogens (tertiary/aromatic N) is 2. The molecule has 0 spiro atoms. The lowest BCUT2D eigenvalue weighted by Crippen LogP contribution is -2.24. The van der Waals surface area contributed by atoms with Gasteiger partial charge in [-0.05, 0) is 59.2 Å². The summed E-state index contributed by atoms with van der Waals surface area (Å²) in [4.78, 5) is 31.5. The van der Waals surface area contributed by atoms with E-state index in [2.05, 4.69) is 5.32 Å². The summed E-state index contributed by atoms with van der Waals surface area (Å²) in [7, 11) is 0. The van der Waals surface area contributed by atoms with Crippen LogP contribution in [0.2, 0.25) is 5.02 Å². The molecule has 5 aromatic rings. The second-order valence-electron chi connectivity index (χ2n) is 9.99. The van der Waals surface area contributed by atoms with E-state index in [9.17, 15) is 9.59 Å². The molecule has 11 heteroatoms. The molecule has 0 saturated heterocycles. The van der Waals surface area contributed by atoms with E-state index < -0.39 is 0 Å². The van der Waals surface area contributed by atoms with E-state index in [1.165, 1.54) is 11.8 Å². The van der Waals surface area contributed by atoms with Gasteiger partial charge in [-0.25, -0.2) is 4.98 Å². The first-order valence-electron chi connectivity index (χ1n) is 13.5. The molecule has 9 nitrogen and oxygen atoms in total. The zero-order chi connectivity index (χ0) is 29.3. The number of amides is 1. The van der Waals surface area contributed by atoms with E-state index in [0.29, 0.717) is 61.9 Å². The van der Waals surface area contributed by atoms with E-state index in [1.54, 1.807) is 28.8 Å². The summed E-state index contributed by atoms with van der Waals surface area (Å²) in [6.07, 6.45) is 0. The highest BCUT2D eigenvalue weighted by molar-refractivity contribution is 7.98.